The second kappa shape index (κ2) is 9.97. The predicted octanol–water partition coefficient (Wildman–Crippen LogP) is 7.22. The van der Waals surface area contributed by atoms with E-state index in [1.807, 2.05) is 74.5 Å². The number of rotatable bonds is 5. The molecule has 0 saturated heterocycles. The van der Waals surface area contributed by atoms with Crippen LogP contribution in [0.5, 0.6) is 5.75 Å². The highest BCUT2D eigenvalue weighted by molar-refractivity contribution is 7.80. The number of oxazole rings is 1. The molecule has 2 N–H and O–H groups in total. The van der Waals surface area contributed by atoms with E-state index in [1.54, 1.807) is 18.2 Å². The highest BCUT2D eigenvalue weighted by atomic mass is 35.5. The number of halogens is 1. The van der Waals surface area contributed by atoms with Crippen molar-refractivity contribution >= 4 is 62.4 Å². The first-order valence-corrected chi connectivity index (χ1v) is 12.1. The standard InChI is InChI=1S/C28H22ClN3O3S/c1-16(2)34-19-7-3-6-17(14-19)26(33)32-28(36)30-18-12-13-25-24(15-18)31-27(35-25)22-10-4-9-21-20(22)8-5-11-23(21)29/h3-16H,1-2H3,(H2,30,32,33,36). The van der Waals surface area contributed by atoms with Crippen LogP contribution in [0.3, 0.4) is 0 Å². The summed E-state index contributed by atoms with van der Waals surface area (Å²) in [5, 5.41) is 8.47. The number of aromatic nitrogens is 1. The maximum atomic E-state index is 12.7. The minimum absolute atomic E-state index is 0.0106. The van der Waals surface area contributed by atoms with Crippen molar-refractivity contribution in [2.75, 3.05) is 5.32 Å². The Morgan fingerprint density at radius 2 is 1.78 bits per heavy atom. The number of ether oxygens (including phenoxy) is 1. The molecule has 0 bridgehead atoms. The Morgan fingerprint density at radius 1 is 1.00 bits per heavy atom. The van der Waals surface area contributed by atoms with E-state index in [-0.39, 0.29) is 17.1 Å². The van der Waals surface area contributed by atoms with Crippen molar-refractivity contribution in [1.82, 2.24) is 10.3 Å². The number of thiocarbonyl (C=S) groups is 1. The average Bonchev–Trinajstić information content (AvgIpc) is 3.27. The van der Waals surface area contributed by atoms with Crippen LogP contribution in [-0.4, -0.2) is 22.1 Å². The van der Waals surface area contributed by atoms with E-state index in [0.717, 1.165) is 16.3 Å². The predicted molar refractivity (Wildman–Crippen MR) is 148 cm³/mol. The van der Waals surface area contributed by atoms with Gasteiger partial charge in [-0.25, -0.2) is 4.98 Å². The van der Waals surface area contributed by atoms with Gasteiger partial charge in [-0.3, -0.25) is 10.1 Å². The third-order valence-corrected chi connectivity index (χ3v) is 5.97. The van der Waals surface area contributed by atoms with Gasteiger partial charge < -0.3 is 14.5 Å². The van der Waals surface area contributed by atoms with Crippen LogP contribution in [0.2, 0.25) is 5.02 Å². The Morgan fingerprint density at radius 3 is 2.61 bits per heavy atom. The SMILES string of the molecule is CC(C)Oc1cccc(C(=O)NC(=S)Nc2ccc3oc(-c4cccc5c(Cl)cccc45)nc3c2)c1. The second-order valence-electron chi connectivity index (χ2n) is 8.44. The number of amides is 1. The minimum Gasteiger partial charge on any atom is -0.491 e. The number of nitrogens with one attached hydrogen (secondary N) is 2. The Hall–Kier alpha value is -3.94. The zero-order chi connectivity index (χ0) is 25.2. The molecule has 5 aromatic rings. The number of hydrogen-bond acceptors (Lipinski definition) is 5. The average molecular weight is 516 g/mol. The molecule has 6 nitrogen and oxygen atoms in total. The van der Waals surface area contributed by atoms with Crippen LogP contribution < -0.4 is 15.4 Å². The lowest BCUT2D eigenvalue weighted by molar-refractivity contribution is 0.0977. The van der Waals surface area contributed by atoms with Gasteiger partial charge in [0.15, 0.2) is 10.7 Å². The zero-order valence-electron chi connectivity index (χ0n) is 19.5. The van der Waals surface area contributed by atoms with E-state index in [9.17, 15) is 4.79 Å². The molecule has 8 heteroatoms. The van der Waals surface area contributed by atoms with Crippen molar-refractivity contribution in [1.29, 1.82) is 0 Å². The van der Waals surface area contributed by atoms with Crippen molar-refractivity contribution in [3.63, 3.8) is 0 Å². The molecule has 0 atom stereocenters. The molecule has 180 valence electrons. The summed E-state index contributed by atoms with van der Waals surface area (Å²) in [5.74, 6) is 0.785. The highest BCUT2D eigenvalue weighted by Crippen LogP contribution is 2.34. The van der Waals surface area contributed by atoms with Crippen LogP contribution in [-0.2, 0) is 0 Å². The molecular formula is C28H22ClN3O3S. The quantitative estimate of drug-likeness (QED) is 0.241. The maximum Gasteiger partial charge on any atom is 0.257 e. The first-order valence-electron chi connectivity index (χ1n) is 11.3. The molecule has 0 fully saturated rings. The molecule has 1 aromatic heterocycles. The van der Waals surface area contributed by atoms with Gasteiger partial charge in [0.2, 0.25) is 5.89 Å². The van der Waals surface area contributed by atoms with Crippen molar-refractivity contribution < 1.29 is 13.9 Å². The van der Waals surface area contributed by atoms with Crippen LogP contribution >= 0.6 is 23.8 Å². The number of fused-ring (bicyclic) bond motifs is 2. The van der Waals surface area contributed by atoms with E-state index >= 15 is 0 Å². The van der Waals surface area contributed by atoms with Crippen molar-refractivity contribution in [3.05, 3.63) is 89.4 Å². The number of carbonyl (C=O) groups is 1. The Labute approximate surface area is 218 Å². The fourth-order valence-electron chi connectivity index (χ4n) is 3.90. The monoisotopic (exact) mass is 515 g/mol. The molecule has 1 amide bonds. The van der Waals surface area contributed by atoms with Gasteiger partial charge in [-0.1, -0.05) is 41.9 Å². The summed E-state index contributed by atoms with van der Waals surface area (Å²) >= 11 is 11.7. The fraction of sp³-hybridized carbons (Fsp3) is 0.107. The molecule has 0 unspecified atom stereocenters. The first kappa shape index (κ1) is 23.8. The lowest BCUT2D eigenvalue weighted by atomic mass is 10.0. The minimum atomic E-state index is -0.332. The first-order chi connectivity index (χ1) is 17.4. The van der Waals surface area contributed by atoms with Crippen molar-refractivity contribution in [2.45, 2.75) is 20.0 Å². The van der Waals surface area contributed by atoms with Crippen LogP contribution in [0.15, 0.2) is 83.3 Å². The molecule has 1 heterocycles. The molecule has 4 aromatic carbocycles. The number of carbonyl (C=O) groups excluding carboxylic acids is 1. The third-order valence-electron chi connectivity index (χ3n) is 5.44. The lowest BCUT2D eigenvalue weighted by Crippen LogP contribution is -2.34. The maximum absolute atomic E-state index is 12.7. The smallest absolute Gasteiger partial charge is 0.257 e. The van der Waals surface area contributed by atoms with Gasteiger partial charge in [0, 0.05) is 27.2 Å². The van der Waals surface area contributed by atoms with E-state index in [0.29, 0.717) is 39.0 Å². The van der Waals surface area contributed by atoms with Crippen LogP contribution in [0, 0.1) is 0 Å². The van der Waals surface area contributed by atoms with Gasteiger partial charge in [-0.05, 0) is 80.0 Å². The van der Waals surface area contributed by atoms with Crippen LogP contribution in [0.25, 0.3) is 33.3 Å². The summed E-state index contributed by atoms with van der Waals surface area (Å²) in [6.45, 7) is 3.86. The van der Waals surface area contributed by atoms with Crippen LogP contribution in [0.1, 0.15) is 24.2 Å². The highest BCUT2D eigenvalue weighted by Gasteiger charge is 2.14. The molecule has 0 radical (unpaired) electrons. The Balaban J connectivity index is 1.33. The summed E-state index contributed by atoms with van der Waals surface area (Å²) in [6.07, 6.45) is 0.0106. The van der Waals surface area contributed by atoms with Crippen molar-refractivity contribution in [2.24, 2.45) is 0 Å². The normalized spacial score (nSPS) is 11.1. The number of benzene rings is 4. The largest absolute Gasteiger partial charge is 0.491 e. The Kier molecular flexibility index (Phi) is 6.59. The van der Waals surface area contributed by atoms with E-state index in [1.165, 1.54) is 0 Å². The molecule has 0 spiro atoms. The van der Waals surface area contributed by atoms with Gasteiger partial charge in [-0.2, -0.15) is 0 Å². The molecule has 0 saturated carbocycles. The van der Waals surface area contributed by atoms with Crippen molar-refractivity contribution in [3.8, 4) is 17.2 Å². The lowest BCUT2D eigenvalue weighted by Gasteiger charge is -2.12. The van der Waals surface area contributed by atoms with E-state index in [4.69, 9.17) is 33.0 Å². The van der Waals surface area contributed by atoms with Gasteiger partial charge >= 0.3 is 0 Å². The van der Waals surface area contributed by atoms with Gasteiger partial charge in [0.25, 0.3) is 5.91 Å². The topological polar surface area (TPSA) is 76.4 Å². The number of anilines is 1. The summed E-state index contributed by atoms with van der Waals surface area (Å²) < 4.78 is 11.7. The van der Waals surface area contributed by atoms with E-state index in [2.05, 4.69) is 15.6 Å². The summed E-state index contributed by atoms with van der Waals surface area (Å²) in [7, 11) is 0. The molecular weight excluding hydrogens is 494 g/mol. The fourth-order valence-corrected chi connectivity index (χ4v) is 4.35. The third kappa shape index (κ3) is 5.03. The summed E-state index contributed by atoms with van der Waals surface area (Å²) in [5.41, 5.74) is 3.26. The molecule has 0 aliphatic rings. The van der Waals surface area contributed by atoms with Gasteiger partial charge in [-0.15, -0.1) is 0 Å². The number of hydrogen-bond donors (Lipinski definition) is 2. The molecule has 0 aliphatic carbocycles. The van der Waals surface area contributed by atoms with Gasteiger partial charge in [0.05, 0.1) is 6.10 Å². The zero-order valence-corrected chi connectivity index (χ0v) is 21.1. The molecule has 0 aliphatic heterocycles. The van der Waals surface area contributed by atoms with Crippen LogP contribution in [0.4, 0.5) is 5.69 Å². The summed E-state index contributed by atoms with van der Waals surface area (Å²) in [4.78, 5) is 17.3. The van der Waals surface area contributed by atoms with Gasteiger partial charge in [0.1, 0.15) is 11.3 Å². The second-order valence-corrected chi connectivity index (χ2v) is 9.26. The van der Waals surface area contributed by atoms with E-state index < -0.39 is 0 Å². The molecule has 5 rings (SSSR count). The Bertz CT molecular complexity index is 1610. The molecule has 36 heavy (non-hydrogen) atoms. The summed E-state index contributed by atoms with van der Waals surface area (Å²) in [6, 6.07) is 24.0. The number of nitrogens with zero attached hydrogens (tertiary/aromatic N) is 1.